The summed E-state index contributed by atoms with van der Waals surface area (Å²) in [5, 5.41) is 7.43. The van der Waals surface area contributed by atoms with E-state index in [0.29, 0.717) is 12.1 Å². The Labute approximate surface area is 182 Å². The van der Waals surface area contributed by atoms with Gasteiger partial charge in [-0.05, 0) is 35.3 Å². The summed E-state index contributed by atoms with van der Waals surface area (Å²) in [6.07, 6.45) is -4.76. The standard InChI is InChI=1S/C14H11Cl4F4N3O3S/c1-28-3-2-23-12-11(29(26,27)14(17,18)22)10(24-25-12)9-7(15)4-6(5-8(9)16)13(19,20)21/h4-5H,2-3H2,1H3,(H2,23,24,25). The summed E-state index contributed by atoms with van der Waals surface area (Å²) in [5.74, 6) is -0.340. The Hall–Kier alpha value is -0.980. The zero-order valence-electron chi connectivity index (χ0n) is 14.2. The van der Waals surface area contributed by atoms with Crippen molar-refractivity contribution < 1.29 is 30.7 Å². The van der Waals surface area contributed by atoms with Gasteiger partial charge in [0.1, 0.15) is 16.4 Å². The molecule has 2 rings (SSSR count). The number of nitrogens with zero attached hydrogens (tertiary/aromatic N) is 1. The Morgan fingerprint density at radius 2 is 1.72 bits per heavy atom. The highest BCUT2D eigenvalue weighted by Crippen LogP contribution is 2.46. The molecule has 1 aromatic heterocycles. The number of rotatable bonds is 7. The summed E-state index contributed by atoms with van der Waals surface area (Å²) in [7, 11) is -3.75. The van der Waals surface area contributed by atoms with Gasteiger partial charge in [0.25, 0.3) is 0 Å². The van der Waals surface area contributed by atoms with E-state index in [1.54, 1.807) is 0 Å². The molecule has 0 aliphatic heterocycles. The molecule has 162 valence electrons. The number of aromatic amines is 1. The highest BCUT2D eigenvalue weighted by molar-refractivity contribution is 7.95. The molecule has 0 fully saturated rings. The van der Waals surface area contributed by atoms with Crippen LogP contribution in [0.3, 0.4) is 0 Å². The SMILES string of the molecule is COCCNc1[nH]nc(-c2c(Cl)cc(C(F)(F)F)cc2Cl)c1S(=O)(=O)C(F)(Cl)Cl. The minimum absolute atomic E-state index is 0.0545. The summed E-state index contributed by atoms with van der Waals surface area (Å²) in [6, 6.07) is 1.05. The van der Waals surface area contributed by atoms with E-state index < -0.39 is 51.7 Å². The van der Waals surface area contributed by atoms with Gasteiger partial charge in [-0.25, -0.2) is 8.42 Å². The van der Waals surface area contributed by atoms with Crippen molar-refractivity contribution in [3.05, 3.63) is 27.7 Å². The smallest absolute Gasteiger partial charge is 0.383 e. The first-order chi connectivity index (χ1) is 13.2. The van der Waals surface area contributed by atoms with Crippen molar-refractivity contribution in [1.29, 1.82) is 0 Å². The molecule has 15 heteroatoms. The monoisotopic (exact) mass is 517 g/mol. The molecular weight excluding hydrogens is 508 g/mol. The van der Waals surface area contributed by atoms with Gasteiger partial charge in [-0.3, -0.25) is 5.10 Å². The molecule has 1 heterocycles. The summed E-state index contributed by atoms with van der Waals surface area (Å²) in [5.41, 5.74) is -2.14. The maximum atomic E-state index is 14.0. The van der Waals surface area contributed by atoms with Gasteiger partial charge < -0.3 is 10.1 Å². The molecule has 0 saturated carbocycles. The average molecular weight is 519 g/mol. The Bertz CT molecular complexity index is 984. The molecule has 0 amide bonds. The normalized spacial score (nSPS) is 13.0. The number of H-pyrrole nitrogens is 1. The lowest BCUT2D eigenvalue weighted by atomic mass is 10.1. The van der Waals surface area contributed by atoms with Gasteiger partial charge in [-0.15, -0.1) is 0 Å². The second kappa shape index (κ2) is 8.64. The van der Waals surface area contributed by atoms with Crippen molar-refractivity contribution in [1.82, 2.24) is 10.2 Å². The highest BCUT2D eigenvalue weighted by atomic mass is 35.5. The first kappa shape index (κ1) is 24.3. The number of alkyl halides is 6. The fourth-order valence-electron chi connectivity index (χ4n) is 2.24. The molecule has 6 nitrogen and oxygen atoms in total. The van der Waals surface area contributed by atoms with Crippen LogP contribution in [0, 0.1) is 0 Å². The molecule has 0 radical (unpaired) electrons. The van der Waals surface area contributed by atoms with E-state index in [9.17, 15) is 26.0 Å². The highest BCUT2D eigenvalue weighted by Gasteiger charge is 2.46. The fourth-order valence-corrected chi connectivity index (χ4v) is 4.39. The maximum absolute atomic E-state index is 14.0. The van der Waals surface area contributed by atoms with Gasteiger partial charge in [0.15, 0.2) is 0 Å². The molecule has 2 aromatic rings. The number of hydrogen-bond acceptors (Lipinski definition) is 5. The van der Waals surface area contributed by atoms with Crippen LogP contribution < -0.4 is 5.32 Å². The fraction of sp³-hybridized carbons (Fsp3) is 0.357. The number of nitrogens with one attached hydrogen (secondary N) is 2. The van der Waals surface area contributed by atoms with Crippen LogP contribution in [0.2, 0.25) is 10.0 Å². The number of methoxy groups -OCH3 is 1. The second-order valence-electron chi connectivity index (χ2n) is 5.46. The van der Waals surface area contributed by atoms with Crippen LogP contribution in [-0.4, -0.2) is 42.8 Å². The van der Waals surface area contributed by atoms with Gasteiger partial charge in [-0.2, -0.15) is 22.7 Å². The summed E-state index contributed by atoms with van der Waals surface area (Å²) >= 11 is 22.2. The molecule has 0 aliphatic rings. The van der Waals surface area contributed by atoms with Gasteiger partial charge in [0.05, 0.1) is 22.2 Å². The van der Waals surface area contributed by atoms with Gasteiger partial charge in [0.2, 0.25) is 9.84 Å². The summed E-state index contributed by atoms with van der Waals surface area (Å²) < 4.78 is 79.1. The number of sulfone groups is 1. The Balaban J connectivity index is 2.75. The largest absolute Gasteiger partial charge is 0.416 e. The lowest BCUT2D eigenvalue weighted by Crippen LogP contribution is -2.23. The van der Waals surface area contributed by atoms with E-state index in [0.717, 1.165) is 0 Å². The number of aromatic nitrogens is 2. The van der Waals surface area contributed by atoms with Crippen molar-refractivity contribution >= 4 is 62.1 Å². The van der Waals surface area contributed by atoms with E-state index in [1.807, 2.05) is 0 Å². The topological polar surface area (TPSA) is 84.1 Å². The molecular formula is C14H11Cl4F4N3O3S. The van der Waals surface area contributed by atoms with Gasteiger partial charge in [0, 0.05) is 19.2 Å². The van der Waals surface area contributed by atoms with Crippen LogP contribution in [0.1, 0.15) is 5.56 Å². The maximum Gasteiger partial charge on any atom is 0.416 e. The quantitative estimate of drug-likeness (QED) is 0.295. The van der Waals surface area contributed by atoms with Crippen LogP contribution in [0.4, 0.5) is 23.4 Å². The Morgan fingerprint density at radius 1 is 1.17 bits per heavy atom. The zero-order chi connectivity index (χ0) is 22.2. The van der Waals surface area contributed by atoms with E-state index in [2.05, 4.69) is 15.5 Å². The predicted molar refractivity (Wildman–Crippen MR) is 102 cm³/mol. The Kier molecular flexibility index (Phi) is 7.24. The van der Waals surface area contributed by atoms with Crippen molar-refractivity contribution in [3.63, 3.8) is 0 Å². The predicted octanol–water partition coefficient (Wildman–Crippen LogP) is 5.29. The number of ether oxygens (including phenoxy) is 1. The van der Waals surface area contributed by atoms with E-state index in [1.165, 1.54) is 7.11 Å². The van der Waals surface area contributed by atoms with Crippen LogP contribution >= 0.6 is 46.4 Å². The molecule has 0 aliphatic carbocycles. The molecule has 0 atom stereocenters. The third-order valence-electron chi connectivity index (χ3n) is 3.51. The first-order valence-corrected chi connectivity index (χ1v) is 10.4. The third kappa shape index (κ3) is 5.02. The molecule has 0 unspecified atom stereocenters. The van der Waals surface area contributed by atoms with Crippen molar-refractivity contribution in [3.8, 4) is 11.3 Å². The number of halogens is 8. The van der Waals surface area contributed by atoms with E-state index in [4.69, 9.17) is 51.1 Å². The third-order valence-corrected chi connectivity index (χ3v) is 6.87. The number of hydrogen-bond donors (Lipinski definition) is 2. The van der Waals surface area contributed by atoms with Crippen LogP contribution in [0.15, 0.2) is 17.0 Å². The lowest BCUT2D eigenvalue weighted by Gasteiger charge is -2.15. The zero-order valence-corrected chi connectivity index (χ0v) is 18.0. The van der Waals surface area contributed by atoms with Crippen molar-refractivity contribution in [2.45, 2.75) is 15.0 Å². The lowest BCUT2D eigenvalue weighted by molar-refractivity contribution is -0.137. The van der Waals surface area contributed by atoms with Gasteiger partial charge in [-0.1, -0.05) is 23.2 Å². The average Bonchev–Trinajstić information content (AvgIpc) is 2.96. The van der Waals surface area contributed by atoms with E-state index in [-0.39, 0.29) is 19.0 Å². The van der Waals surface area contributed by atoms with Gasteiger partial charge >= 0.3 is 10.1 Å². The number of benzene rings is 1. The van der Waals surface area contributed by atoms with Crippen LogP contribution in [0.5, 0.6) is 0 Å². The number of anilines is 1. The first-order valence-electron chi connectivity index (χ1n) is 7.41. The summed E-state index contributed by atoms with van der Waals surface area (Å²) in [4.78, 5) is -0.871. The minimum atomic E-state index is -5.12. The minimum Gasteiger partial charge on any atom is -0.383 e. The molecule has 0 bridgehead atoms. The van der Waals surface area contributed by atoms with Crippen LogP contribution in [-0.2, 0) is 20.8 Å². The Morgan fingerprint density at radius 3 is 2.17 bits per heavy atom. The second-order valence-corrected chi connectivity index (χ2v) is 9.93. The molecule has 29 heavy (non-hydrogen) atoms. The van der Waals surface area contributed by atoms with Crippen LogP contribution in [0.25, 0.3) is 11.3 Å². The molecule has 0 saturated heterocycles. The molecule has 0 spiro atoms. The molecule has 1 aromatic carbocycles. The summed E-state index contributed by atoms with van der Waals surface area (Å²) in [6.45, 7) is 0.178. The molecule has 2 N–H and O–H groups in total. The van der Waals surface area contributed by atoms with E-state index >= 15 is 0 Å². The van der Waals surface area contributed by atoms with Crippen molar-refractivity contribution in [2.75, 3.05) is 25.6 Å². The van der Waals surface area contributed by atoms with Crippen molar-refractivity contribution in [2.24, 2.45) is 0 Å².